The first-order chi connectivity index (χ1) is 9.67. The third-order valence-corrected chi connectivity index (χ3v) is 4.80. The van der Waals surface area contributed by atoms with E-state index in [-0.39, 0.29) is 0 Å². The first kappa shape index (κ1) is 13.4. The summed E-state index contributed by atoms with van der Waals surface area (Å²) in [6, 6.07) is 4.13. The lowest BCUT2D eigenvalue weighted by molar-refractivity contribution is 0.692. The van der Waals surface area contributed by atoms with Crippen molar-refractivity contribution in [3.8, 4) is 0 Å². The minimum Gasteiger partial charge on any atom is -0.372 e. The molecule has 3 rings (SSSR count). The second-order valence-electron chi connectivity index (χ2n) is 4.41. The summed E-state index contributed by atoms with van der Waals surface area (Å²) in [6.45, 7) is 2.00. The molecule has 0 unspecified atom stereocenters. The molecule has 0 aliphatic rings. The molecule has 0 amide bonds. The van der Waals surface area contributed by atoms with Gasteiger partial charge in [-0.2, -0.15) is 5.10 Å². The average molecular weight is 305 g/mol. The normalized spacial score (nSPS) is 11.2. The molecule has 0 radical (unpaired) electrons. The van der Waals surface area contributed by atoms with Crippen LogP contribution in [-0.2, 0) is 12.8 Å². The molecule has 0 saturated heterocycles. The monoisotopic (exact) mass is 305 g/mol. The van der Waals surface area contributed by atoms with Gasteiger partial charge in [-0.05, 0) is 24.4 Å². The number of rotatable bonds is 4. The average Bonchev–Trinajstić information content (AvgIpc) is 3.01. The molecule has 5 nitrogen and oxygen atoms in total. The Morgan fingerprint density at radius 1 is 1.40 bits per heavy atom. The molecular formula is C13H15N5S2. The molecule has 3 aromatic rings. The molecule has 0 saturated carbocycles. The number of thiophene rings is 1. The Morgan fingerprint density at radius 2 is 2.25 bits per heavy atom. The van der Waals surface area contributed by atoms with E-state index in [0.29, 0.717) is 0 Å². The van der Waals surface area contributed by atoms with Crippen LogP contribution in [0.4, 0.5) is 5.82 Å². The Labute approximate surface area is 125 Å². The zero-order chi connectivity index (χ0) is 14.1. The van der Waals surface area contributed by atoms with E-state index >= 15 is 0 Å². The number of nitrogens with one attached hydrogen (secondary N) is 1. The van der Waals surface area contributed by atoms with Crippen molar-refractivity contribution in [1.29, 1.82) is 0 Å². The fourth-order valence-corrected chi connectivity index (χ4v) is 3.69. The van der Waals surface area contributed by atoms with Crippen molar-refractivity contribution in [2.75, 3.05) is 12.4 Å². The number of anilines is 1. The maximum absolute atomic E-state index is 4.61. The number of fused-ring (bicyclic) bond motifs is 1. The van der Waals surface area contributed by atoms with E-state index in [1.165, 1.54) is 0 Å². The van der Waals surface area contributed by atoms with E-state index in [1.807, 2.05) is 37.1 Å². The van der Waals surface area contributed by atoms with Gasteiger partial charge in [-0.25, -0.2) is 9.97 Å². The van der Waals surface area contributed by atoms with Crippen LogP contribution in [0.15, 0.2) is 22.5 Å². The Balaban J connectivity index is 1.85. The number of nitrogens with zero attached hydrogens (tertiary/aromatic N) is 4. The highest BCUT2D eigenvalue weighted by molar-refractivity contribution is 7.98. The molecule has 7 heteroatoms. The first-order valence-corrected chi connectivity index (χ1v) is 8.09. The molecule has 3 aromatic heterocycles. The van der Waals surface area contributed by atoms with Gasteiger partial charge in [0.05, 0.1) is 21.9 Å². The second kappa shape index (κ2) is 5.41. The van der Waals surface area contributed by atoms with Gasteiger partial charge in [0.15, 0.2) is 0 Å². The molecule has 0 aliphatic carbocycles. The van der Waals surface area contributed by atoms with Gasteiger partial charge in [-0.3, -0.25) is 4.68 Å². The highest BCUT2D eigenvalue weighted by Crippen LogP contribution is 2.27. The molecule has 0 atom stereocenters. The van der Waals surface area contributed by atoms with Crippen molar-refractivity contribution >= 4 is 39.1 Å². The van der Waals surface area contributed by atoms with Gasteiger partial charge in [-0.15, -0.1) is 11.3 Å². The number of aryl methyl sites for hydroxylation is 2. The summed E-state index contributed by atoms with van der Waals surface area (Å²) in [4.78, 5) is 10.2. The van der Waals surface area contributed by atoms with E-state index in [1.54, 1.807) is 23.1 Å². The molecule has 0 spiro atoms. The lowest BCUT2D eigenvalue weighted by Crippen LogP contribution is -2.00. The zero-order valence-electron chi connectivity index (χ0n) is 11.5. The van der Waals surface area contributed by atoms with Gasteiger partial charge < -0.3 is 5.32 Å². The number of aromatic nitrogens is 4. The summed E-state index contributed by atoms with van der Waals surface area (Å²) in [6.07, 6.45) is 0. The summed E-state index contributed by atoms with van der Waals surface area (Å²) in [7, 11) is 3.85. The predicted octanol–water partition coefficient (Wildman–Crippen LogP) is 3.07. The van der Waals surface area contributed by atoms with E-state index in [9.17, 15) is 0 Å². The quantitative estimate of drug-likeness (QED) is 0.751. The molecular weight excluding hydrogens is 290 g/mol. The molecule has 0 aromatic carbocycles. The van der Waals surface area contributed by atoms with Crippen molar-refractivity contribution in [3.05, 3.63) is 29.0 Å². The Kier molecular flexibility index (Phi) is 3.62. The van der Waals surface area contributed by atoms with Crippen molar-refractivity contribution in [3.63, 3.8) is 0 Å². The minimum atomic E-state index is 0.738. The fraction of sp³-hybridized carbons (Fsp3) is 0.308. The van der Waals surface area contributed by atoms with Crippen molar-refractivity contribution < 1.29 is 0 Å². The van der Waals surface area contributed by atoms with E-state index < -0.39 is 0 Å². The van der Waals surface area contributed by atoms with Crippen LogP contribution in [-0.4, -0.2) is 26.8 Å². The van der Waals surface area contributed by atoms with E-state index in [2.05, 4.69) is 26.4 Å². The molecule has 3 heterocycles. The van der Waals surface area contributed by atoms with Crippen LogP contribution < -0.4 is 5.32 Å². The molecule has 104 valence electrons. The Morgan fingerprint density at radius 3 is 2.95 bits per heavy atom. The number of thioether (sulfide) groups is 1. The van der Waals surface area contributed by atoms with E-state index in [4.69, 9.17) is 0 Å². The van der Waals surface area contributed by atoms with Crippen LogP contribution >= 0.6 is 23.1 Å². The molecule has 0 fully saturated rings. The molecule has 0 bridgehead atoms. The van der Waals surface area contributed by atoms with Crippen LogP contribution in [0.5, 0.6) is 0 Å². The second-order valence-corrected chi connectivity index (χ2v) is 6.30. The zero-order valence-corrected chi connectivity index (χ0v) is 13.2. The van der Waals surface area contributed by atoms with Gasteiger partial charge in [0, 0.05) is 14.1 Å². The van der Waals surface area contributed by atoms with Gasteiger partial charge in [-0.1, -0.05) is 11.8 Å². The summed E-state index contributed by atoms with van der Waals surface area (Å²) in [5.74, 6) is 2.47. The summed E-state index contributed by atoms with van der Waals surface area (Å²) < 4.78 is 1.89. The van der Waals surface area contributed by atoms with Crippen LogP contribution in [0, 0.1) is 6.92 Å². The maximum atomic E-state index is 4.61. The van der Waals surface area contributed by atoms with Gasteiger partial charge >= 0.3 is 0 Å². The largest absolute Gasteiger partial charge is 0.372 e. The Hall–Kier alpha value is -1.60. The molecule has 0 aliphatic heterocycles. The molecule has 1 N–H and O–H groups in total. The van der Waals surface area contributed by atoms with Crippen LogP contribution in [0.3, 0.4) is 0 Å². The highest BCUT2D eigenvalue weighted by Gasteiger charge is 2.09. The van der Waals surface area contributed by atoms with E-state index in [0.717, 1.165) is 38.3 Å². The third kappa shape index (κ3) is 2.51. The SMILES string of the molecule is CNc1nc(CSc2cc(C)nn2C)nc2sccc12. The smallest absolute Gasteiger partial charge is 0.142 e. The minimum absolute atomic E-state index is 0.738. The highest BCUT2D eigenvalue weighted by atomic mass is 32.2. The number of hydrogen-bond acceptors (Lipinski definition) is 6. The molecule has 20 heavy (non-hydrogen) atoms. The summed E-state index contributed by atoms with van der Waals surface area (Å²) in [5.41, 5.74) is 1.03. The van der Waals surface area contributed by atoms with Gasteiger partial charge in [0.25, 0.3) is 0 Å². The van der Waals surface area contributed by atoms with Crippen molar-refractivity contribution in [2.45, 2.75) is 17.7 Å². The predicted molar refractivity (Wildman–Crippen MR) is 84.5 cm³/mol. The van der Waals surface area contributed by atoms with Crippen LogP contribution in [0.1, 0.15) is 11.5 Å². The van der Waals surface area contributed by atoms with Crippen LogP contribution in [0.25, 0.3) is 10.2 Å². The van der Waals surface area contributed by atoms with Gasteiger partial charge in [0.1, 0.15) is 16.5 Å². The van der Waals surface area contributed by atoms with Gasteiger partial charge in [0.2, 0.25) is 0 Å². The van der Waals surface area contributed by atoms with Crippen molar-refractivity contribution in [1.82, 2.24) is 19.7 Å². The summed E-state index contributed by atoms with van der Waals surface area (Å²) in [5, 5.41) is 11.7. The lowest BCUT2D eigenvalue weighted by atomic mass is 10.4. The fourth-order valence-electron chi connectivity index (χ4n) is 2.02. The third-order valence-electron chi connectivity index (χ3n) is 2.92. The standard InChI is InChI=1S/C13H15N5S2/c1-8-6-11(18(3)17-8)20-7-10-15-12(14-2)9-4-5-19-13(9)16-10/h4-6H,7H2,1-3H3,(H,14,15,16). The Bertz CT molecular complexity index is 746. The first-order valence-electron chi connectivity index (χ1n) is 6.22. The van der Waals surface area contributed by atoms with Crippen LogP contribution in [0.2, 0.25) is 0 Å². The number of hydrogen-bond donors (Lipinski definition) is 1. The maximum Gasteiger partial charge on any atom is 0.142 e. The van der Waals surface area contributed by atoms with Crippen molar-refractivity contribution in [2.24, 2.45) is 7.05 Å². The topological polar surface area (TPSA) is 55.6 Å². The lowest BCUT2D eigenvalue weighted by Gasteiger charge is -2.05. The summed E-state index contributed by atoms with van der Waals surface area (Å²) >= 11 is 3.35.